The molecule has 2 heterocycles. The maximum Gasteiger partial charge on any atom is 0.148 e. The first kappa shape index (κ1) is 28.3. The van der Waals surface area contributed by atoms with Gasteiger partial charge in [0, 0.05) is 44.6 Å². The number of para-hydroxylation sites is 2. The molecule has 0 aliphatic heterocycles. The molecule has 2 aromatic heterocycles. The van der Waals surface area contributed by atoms with Gasteiger partial charge in [-0.1, -0.05) is 96.9 Å². The van der Waals surface area contributed by atoms with Gasteiger partial charge in [-0.3, -0.25) is 9.55 Å². The Hall–Kier alpha value is -4.79. The van der Waals surface area contributed by atoms with Crippen LogP contribution in [0, 0.1) is 6.07 Å². The molecule has 212 valence electrons. The molecule has 4 nitrogen and oxygen atoms in total. The van der Waals surface area contributed by atoms with Gasteiger partial charge in [-0.15, -0.1) is 29.8 Å². The van der Waals surface area contributed by atoms with Crippen LogP contribution in [-0.2, 0) is 21.1 Å². The summed E-state index contributed by atoms with van der Waals surface area (Å²) in [5.74, 6) is 1.03. The molecule has 0 saturated carbocycles. The predicted molar refractivity (Wildman–Crippen MR) is 170 cm³/mol. The van der Waals surface area contributed by atoms with Crippen LogP contribution in [0.1, 0.15) is 24.0 Å². The fourth-order valence-electron chi connectivity index (χ4n) is 5.57. The summed E-state index contributed by atoms with van der Waals surface area (Å²) in [5, 5.41) is 11.4. The summed E-state index contributed by atoms with van der Waals surface area (Å²) < 4.78 is 2.12. The van der Waals surface area contributed by atoms with Crippen molar-refractivity contribution in [3.05, 3.63) is 157 Å². The van der Waals surface area contributed by atoms with Gasteiger partial charge in [0.1, 0.15) is 11.6 Å². The number of aromatic hydroxyl groups is 1. The summed E-state index contributed by atoms with van der Waals surface area (Å²) in [5.41, 5.74) is 9.39. The van der Waals surface area contributed by atoms with E-state index >= 15 is 0 Å². The van der Waals surface area contributed by atoms with E-state index in [0.29, 0.717) is 11.4 Å². The van der Waals surface area contributed by atoms with Gasteiger partial charge in [0.25, 0.3) is 0 Å². The maximum atomic E-state index is 11.4. The molecular formula is C38H28N3OPt-. The van der Waals surface area contributed by atoms with Crippen LogP contribution < -0.4 is 0 Å². The Kier molecular flexibility index (Phi) is 8.05. The van der Waals surface area contributed by atoms with Gasteiger partial charge in [-0.2, -0.15) is 0 Å². The molecule has 0 aliphatic rings. The average Bonchev–Trinajstić information content (AvgIpc) is 3.45. The van der Waals surface area contributed by atoms with Crippen LogP contribution in [0.4, 0.5) is 0 Å². The van der Waals surface area contributed by atoms with E-state index in [-0.39, 0.29) is 32.7 Å². The number of hydrogen-bond donors (Lipinski definition) is 1. The zero-order valence-electron chi connectivity index (χ0n) is 23.5. The first-order chi connectivity index (χ1) is 20.7. The van der Waals surface area contributed by atoms with Crippen LogP contribution in [0.3, 0.4) is 0 Å². The van der Waals surface area contributed by atoms with Gasteiger partial charge in [-0.05, 0) is 47.5 Å². The second-order valence-corrected chi connectivity index (χ2v) is 10.4. The van der Waals surface area contributed by atoms with Crippen LogP contribution >= 0.6 is 0 Å². The van der Waals surface area contributed by atoms with Gasteiger partial charge >= 0.3 is 0 Å². The molecule has 0 aliphatic carbocycles. The largest absolute Gasteiger partial charge is 0.507 e. The molecule has 7 rings (SSSR count). The Balaban J connectivity index is 0.00000329. The molecule has 0 fully saturated rings. The Morgan fingerprint density at radius 1 is 0.674 bits per heavy atom. The van der Waals surface area contributed by atoms with E-state index < -0.39 is 0 Å². The number of phenols is 1. The molecular weight excluding hydrogens is 710 g/mol. The minimum Gasteiger partial charge on any atom is -0.507 e. The van der Waals surface area contributed by atoms with E-state index in [1.54, 1.807) is 6.20 Å². The number of benzene rings is 5. The quantitative estimate of drug-likeness (QED) is 0.173. The monoisotopic (exact) mass is 737 g/mol. The number of pyridine rings is 1. The smallest absolute Gasteiger partial charge is 0.148 e. The van der Waals surface area contributed by atoms with Crippen LogP contribution in [0.15, 0.2) is 140 Å². The van der Waals surface area contributed by atoms with Gasteiger partial charge in [0.15, 0.2) is 0 Å². The van der Waals surface area contributed by atoms with E-state index in [1.165, 1.54) is 5.56 Å². The summed E-state index contributed by atoms with van der Waals surface area (Å²) in [6, 6.07) is 48.2. The molecule has 5 heteroatoms. The van der Waals surface area contributed by atoms with Crippen LogP contribution in [-0.4, -0.2) is 19.6 Å². The minimum absolute atomic E-state index is 0. The van der Waals surface area contributed by atoms with Gasteiger partial charge < -0.3 is 5.11 Å². The van der Waals surface area contributed by atoms with Crippen molar-refractivity contribution in [3.63, 3.8) is 0 Å². The summed E-state index contributed by atoms with van der Waals surface area (Å²) in [6.07, 6.45) is 1.79. The van der Waals surface area contributed by atoms with Crippen molar-refractivity contribution in [2.75, 3.05) is 0 Å². The molecule has 0 spiro atoms. The maximum absolute atomic E-state index is 11.4. The number of fused-ring (bicyclic) bond motifs is 1. The topological polar surface area (TPSA) is 50.9 Å². The Morgan fingerprint density at radius 3 is 2.14 bits per heavy atom. The summed E-state index contributed by atoms with van der Waals surface area (Å²) >= 11 is 0. The normalized spacial score (nSPS) is 11.7. The SMILES string of the molecule is CC(c1ccccc1)c1ccc(-c2nc3c(-c4[c-]c(-c5ccccn5)ccc4)cccc3n2-c2ccccc2)c(O)c1.[Pt]. The van der Waals surface area contributed by atoms with Crippen molar-refractivity contribution in [2.45, 2.75) is 12.8 Å². The van der Waals surface area contributed by atoms with Gasteiger partial charge in [0.2, 0.25) is 0 Å². The first-order valence-electron chi connectivity index (χ1n) is 14.1. The van der Waals surface area contributed by atoms with Crippen molar-refractivity contribution >= 4 is 11.0 Å². The number of nitrogens with zero attached hydrogens (tertiary/aromatic N) is 3. The summed E-state index contributed by atoms with van der Waals surface area (Å²) in [6.45, 7) is 2.16. The Bertz CT molecular complexity index is 2000. The molecule has 1 N–H and O–H groups in total. The predicted octanol–water partition coefficient (Wildman–Crippen LogP) is 9.08. The van der Waals surface area contributed by atoms with Crippen LogP contribution in [0.5, 0.6) is 5.75 Å². The number of rotatable bonds is 6. The third-order valence-electron chi connectivity index (χ3n) is 7.79. The number of aromatic nitrogens is 3. The van der Waals surface area contributed by atoms with Crippen molar-refractivity contribution in [1.82, 2.24) is 14.5 Å². The van der Waals surface area contributed by atoms with E-state index in [9.17, 15) is 5.11 Å². The van der Waals surface area contributed by atoms with E-state index in [4.69, 9.17) is 4.98 Å². The molecule has 0 saturated heterocycles. The fourth-order valence-corrected chi connectivity index (χ4v) is 5.57. The fraction of sp³-hybridized carbons (Fsp3) is 0.0526. The third kappa shape index (κ3) is 5.42. The standard InChI is InChI=1S/C38H28N3O.Pt/c1-26(27-12-4-2-5-13-27)28-21-22-33(36(42)25-28)38-40-37-32(18-11-20-35(37)41(38)31-16-6-3-7-17-31)29-14-10-15-30(24-29)34-19-8-9-23-39-34;/h2-23,25-26,42H,1H3;/q-1;. The second kappa shape index (κ2) is 12.2. The van der Waals surface area contributed by atoms with E-state index in [1.807, 2.05) is 84.9 Å². The molecule has 5 aromatic carbocycles. The third-order valence-corrected chi connectivity index (χ3v) is 7.79. The van der Waals surface area contributed by atoms with E-state index in [0.717, 1.165) is 44.7 Å². The summed E-state index contributed by atoms with van der Waals surface area (Å²) in [7, 11) is 0. The second-order valence-electron chi connectivity index (χ2n) is 10.4. The molecule has 1 atom stereocenters. The number of phenolic OH excluding ortho intramolecular Hbond substituents is 1. The van der Waals surface area contributed by atoms with Gasteiger partial charge in [0.05, 0.1) is 16.6 Å². The zero-order chi connectivity index (χ0) is 28.5. The first-order valence-corrected chi connectivity index (χ1v) is 14.1. The van der Waals surface area contributed by atoms with Crippen molar-refractivity contribution in [3.8, 4) is 45.2 Å². The minimum atomic E-state index is 0. The van der Waals surface area contributed by atoms with Crippen LogP contribution in [0.2, 0.25) is 0 Å². The van der Waals surface area contributed by atoms with Crippen molar-refractivity contribution in [1.29, 1.82) is 0 Å². The Labute approximate surface area is 265 Å². The molecule has 43 heavy (non-hydrogen) atoms. The number of hydrogen-bond acceptors (Lipinski definition) is 3. The van der Waals surface area contributed by atoms with Crippen molar-refractivity contribution in [2.24, 2.45) is 0 Å². The molecule has 0 radical (unpaired) electrons. The van der Waals surface area contributed by atoms with Crippen molar-refractivity contribution < 1.29 is 26.2 Å². The molecule has 7 aromatic rings. The zero-order valence-corrected chi connectivity index (χ0v) is 25.7. The number of imidazole rings is 1. The van der Waals surface area contributed by atoms with Crippen LogP contribution in [0.25, 0.3) is 50.5 Å². The average molecular weight is 738 g/mol. The molecule has 0 amide bonds. The molecule has 1 unspecified atom stereocenters. The summed E-state index contributed by atoms with van der Waals surface area (Å²) in [4.78, 5) is 9.71. The molecule has 0 bridgehead atoms. The van der Waals surface area contributed by atoms with E-state index in [2.05, 4.69) is 71.1 Å². The van der Waals surface area contributed by atoms with Gasteiger partial charge in [-0.25, -0.2) is 4.98 Å². The Morgan fingerprint density at radius 2 is 1.40 bits per heavy atom.